The van der Waals surface area contributed by atoms with E-state index in [-0.39, 0.29) is 11.8 Å². The quantitative estimate of drug-likeness (QED) is 0.745. The summed E-state index contributed by atoms with van der Waals surface area (Å²) >= 11 is 0. The number of nitrogens with one attached hydrogen (secondary N) is 1. The Morgan fingerprint density at radius 1 is 1.71 bits per heavy atom. The van der Waals surface area contributed by atoms with Crippen LogP contribution in [-0.4, -0.2) is 28.4 Å². The lowest BCUT2D eigenvalue weighted by Crippen LogP contribution is -2.30. The first-order valence-corrected chi connectivity index (χ1v) is 4.75. The Bertz CT molecular complexity index is 306. The second-order valence-corrected chi connectivity index (χ2v) is 3.59. The zero-order valence-corrected chi connectivity index (χ0v) is 8.95. The Labute approximate surface area is 84.3 Å². The molecule has 0 saturated carbocycles. The smallest absolute Gasteiger partial charge is 0.131 e. The molecule has 0 unspecified atom stereocenters. The first kappa shape index (κ1) is 10.9. The number of likely N-dealkylation sites (N-methyl/N-ethyl adjacent to an activating group) is 1. The van der Waals surface area contributed by atoms with Crippen molar-refractivity contribution in [3.05, 3.63) is 18.2 Å². The van der Waals surface area contributed by atoms with E-state index in [1.54, 1.807) is 13.3 Å². The third-order valence-electron chi connectivity index (χ3n) is 2.31. The summed E-state index contributed by atoms with van der Waals surface area (Å²) in [7, 11) is 3.84. The number of imidazole rings is 1. The number of rotatable bonds is 5. The fourth-order valence-electron chi connectivity index (χ4n) is 1.46. The van der Waals surface area contributed by atoms with E-state index in [1.807, 2.05) is 24.9 Å². The second kappa shape index (κ2) is 4.91. The molecular formula is C10H17N3O. The highest BCUT2D eigenvalue weighted by molar-refractivity contribution is 5.76. The van der Waals surface area contributed by atoms with E-state index in [9.17, 15) is 4.79 Å². The number of ketones is 1. The average Bonchev–Trinajstić information content (AvgIpc) is 2.50. The summed E-state index contributed by atoms with van der Waals surface area (Å²) in [6, 6.07) is 0.211. The highest BCUT2D eigenvalue weighted by Gasteiger charge is 2.11. The van der Waals surface area contributed by atoms with E-state index >= 15 is 0 Å². The van der Waals surface area contributed by atoms with Crippen LogP contribution in [0.2, 0.25) is 0 Å². The molecule has 4 heteroatoms. The van der Waals surface area contributed by atoms with Gasteiger partial charge in [0.2, 0.25) is 0 Å². The van der Waals surface area contributed by atoms with Crippen molar-refractivity contribution in [2.75, 3.05) is 7.05 Å². The predicted molar refractivity (Wildman–Crippen MR) is 55.1 cm³/mol. The summed E-state index contributed by atoms with van der Waals surface area (Å²) in [5.74, 6) is 0.214. The minimum absolute atomic E-state index is 0.211. The number of nitrogens with zero attached hydrogens (tertiary/aromatic N) is 2. The van der Waals surface area contributed by atoms with Gasteiger partial charge in [0.1, 0.15) is 5.78 Å². The van der Waals surface area contributed by atoms with Crippen molar-refractivity contribution < 1.29 is 4.79 Å². The molecule has 1 heterocycles. The third kappa shape index (κ3) is 2.96. The fourth-order valence-corrected chi connectivity index (χ4v) is 1.46. The van der Waals surface area contributed by atoms with Crippen molar-refractivity contribution in [3.63, 3.8) is 0 Å². The lowest BCUT2D eigenvalue weighted by atomic mass is 10.1. The van der Waals surface area contributed by atoms with Crippen LogP contribution in [0.5, 0.6) is 0 Å². The molecule has 0 saturated heterocycles. The maximum Gasteiger partial charge on any atom is 0.131 e. The molecule has 0 aliphatic rings. The van der Waals surface area contributed by atoms with E-state index in [0.717, 1.165) is 12.1 Å². The molecule has 0 fully saturated rings. The second-order valence-electron chi connectivity index (χ2n) is 3.59. The molecule has 1 aromatic heterocycles. The normalized spacial score (nSPS) is 12.8. The third-order valence-corrected chi connectivity index (χ3v) is 2.31. The molecule has 0 spiro atoms. The van der Waals surface area contributed by atoms with Gasteiger partial charge >= 0.3 is 0 Å². The van der Waals surface area contributed by atoms with Crippen LogP contribution in [0.3, 0.4) is 0 Å². The molecule has 0 aliphatic heterocycles. The summed E-state index contributed by atoms with van der Waals surface area (Å²) in [5.41, 5.74) is 1.14. The topological polar surface area (TPSA) is 46.9 Å². The summed E-state index contributed by atoms with van der Waals surface area (Å²) in [6.45, 7) is 1.62. The number of hydrogen-bond donors (Lipinski definition) is 1. The van der Waals surface area contributed by atoms with Gasteiger partial charge in [-0.2, -0.15) is 0 Å². The minimum Gasteiger partial charge on any atom is -0.338 e. The predicted octanol–water partition coefficient (Wildman–Crippen LogP) is 0.530. The van der Waals surface area contributed by atoms with Gasteiger partial charge in [0.05, 0.1) is 6.33 Å². The highest BCUT2D eigenvalue weighted by atomic mass is 16.1. The van der Waals surface area contributed by atoms with Gasteiger partial charge in [-0.15, -0.1) is 0 Å². The first-order chi connectivity index (χ1) is 6.63. The van der Waals surface area contributed by atoms with Gasteiger partial charge in [-0.1, -0.05) is 0 Å². The van der Waals surface area contributed by atoms with E-state index in [0.29, 0.717) is 6.42 Å². The fraction of sp³-hybridized carbons (Fsp3) is 0.600. The van der Waals surface area contributed by atoms with Gasteiger partial charge in [-0.3, -0.25) is 4.79 Å². The van der Waals surface area contributed by atoms with Crippen LogP contribution in [-0.2, 0) is 18.3 Å². The van der Waals surface area contributed by atoms with Crippen LogP contribution in [0, 0.1) is 0 Å². The maximum absolute atomic E-state index is 11.0. The highest BCUT2D eigenvalue weighted by Crippen LogP contribution is 2.04. The molecule has 1 aromatic rings. The standard InChI is InChI=1S/C10H17N3O/c1-8(14)4-9(11-2)5-10-6-12-7-13(10)3/h6-7,9,11H,4-5H2,1-3H3/t9-/m1/s1. The van der Waals surface area contributed by atoms with E-state index in [1.165, 1.54) is 0 Å². The monoisotopic (exact) mass is 195 g/mol. The maximum atomic E-state index is 11.0. The van der Waals surface area contributed by atoms with Gasteiger partial charge in [-0.05, 0) is 14.0 Å². The van der Waals surface area contributed by atoms with Gasteiger partial charge < -0.3 is 9.88 Å². The molecule has 14 heavy (non-hydrogen) atoms. The molecule has 1 rings (SSSR count). The molecule has 0 radical (unpaired) electrons. The van der Waals surface area contributed by atoms with Crippen molar-refractivity contribution in [1.29, 1.82) is 0 Å². The zero-order chi connectivity index (χ0) is 10.6. The number of Topliss-reactive ketones (excluding diaryl/α,β-unsaturated/α-hetero) is 1. The van der Waals surface area contributed by atoms with Crippen molar-refractivity contribution in [2.24, 2.45) is 7.05 Å². The molecular weight excluding hydrogens is 178 g/mol. The largest absolute Gasteiger partial charge is 0.338 e. The Balaban J connectivity index is 2.57. The van der Waals surface area contributed by atoms with Crippen molar-refractivity contribution in [3.8, 4) is 0 Å². The number of carbonyl (C=O) groups is 1. The van der Waals surface area contributed by atoms with Crippen LogP contribution in [0.15, 0.2) is 12.5 Å². The van der Waals surface area contributed by atoms with E-state index < -0.39 is 0 Å². The lowest BCUT2D eigenvalue weighted by molar-refractivity contribution is -0.117. The minimum atomic E-state index is 0.211. The van der Waals surface area contributed by atoms with Crippen LogP contribution in [0.25, 0.3) is 0 Å². The van der Waals surface area contributed by atoms with Gasteiger partial charge in [0.15, 0.2) is 0 Å². The van der Waals surface area contributed by atoms with Crippen LogP contribution < -0.4 is 5.32 Å². The molecule has 1 N–H and O–H groups in total. The molecule has 4 nitrogen and oxygen atoms in total. The Kier molecular flexibility index (Phi) is 3.83. The Morgan fingerprint density at radius 2 is 2.43 bits per heavy atom. The van der Waals surface area contributed by atoms with E-state index in [2.05, 4.69) is 10.3 Å². The molecule has 0 aliphatic carbocycles. The first-order valence-electron chi connectivity index (χ1n) is 4.75. The Hall–Kier alpha value is -1.16. The summed E-state index contributed by atoms with van der Waals surface area (Å²) in [5, 5.41) is 3.14. The van der Waals surface area contributed by atoms with Gasteiger partial charge in [0.25, 0.3) is 0 Å². The molecule has 0 aromatic carbocycles. The summed E-state index contributed by atoms with van der Waals surface area (Å²) in [6.07, 6.45) is 5.02. The van der Waals surface area contributed by atoms with Crippen LogP contribution in [0.4, 0.5) is 0 Å². The van der Waals surface area contributed by atoms with Crippen molar-refractivity contribution in [2.45, 2.75) is 25.8 Å². The molecule has 0 amide bonds. The zero-order valence-electron chi connectivity index (χ0n) is 8.95. The number of hydrogen-bond acceptors (Lipinski definition) is 3. The van der Waals surface area contributed by atoms with Crippen LogP contribution >= 0.6 is 0 Å². The molecule has 78 valence electrons. The van der Waals surface area contributed by atoms with E-state index in [4.69, 9.17) is 0 Å². The van der Waals surface area contributed by atoms with Crippen LogP contribution in [0.1, 0.15) is 19.0 Å². The molecule has 1 atom stereocenters. The SMILES string of the molecule is CN[C@H](CC(C)=O)Cc1cncn1C. The van der Waals surface area contributed by atoms with Crippen molar-refractivity contribution in [1.82, 2.24) is 14.9 Å². The lowest BCUT2D eigenvalue weighted by Gasteiger charge is -2.14. The molecule has 0 bridgehead atoms. The average molecular weight is 195 g/mol. The number of aromatic nitrogens is 2. The van der Waals surface area contributed by atoms with Crippen molar-refractivity contribution >= 4 is 5.78 Å². The van der Waals surface area contributed by atoms with Gasteiger partial charge in [-0.25, -0.2) is 4.98 Å². The summed E-state index contributed by atoms with van der Waals surface area (Å²) in [4.78, 5) is 15.0. The number of aryl methyl sites for hydroxylation is 1. The Morgan fingerprint density at radius 3 is 2.86 bits per heavy atom. The number of carbonyl (C=O) groups excluding carboxylic acids is 1. The summed E-state index contributed by atoms with van der Waals surface area (Å²) < 4.78 is 1.98. The van der Waals surface area contributed by atoms with Gasteiger partial charge in [0, 0.05) is 37.8 Å².